The van der Waals surface area contributed by atoms with Crippen LogP contribution >= 0.6 is 11.6 Å². The number of piperazine rings is 1. The third-order valence-corrected chi connectivity index (χ3v) is 4.98. The summed E-state index contributed by atoms with van der Waals surface area (Å²) in [6.07, 6.45) is 0.491. The fraction of sp³-hybridized carbons (Fsp3) is 0.333. The summed E-state index contributed by atoms with van der Waals surface area (Å²) >= 11 is 5.83. The van der Waals surface area contributed by atoms with E-state index in [2.05, 4.69) is 36.1 Å². The molecule has 2 aromatic carbocycles. The molecule has 1 fully saturated rings. The van der Waals surface area contributed by atoms with Crippen molar-refractivity contribution < 1.29 is 9.59 Å². The van der Waals surface area contributed by atoms with Crippen molar-refractivity contribution >= 4 is 29.0 Å². The molecule has 1 saturated heterocycles. The Morgan fingerprint density at radius 3 is 2.31 bits per heavy atom. The maximum Gasteiger partial charge on any atom is 0.223 e. The molecule has 1 aliphatic heterocycles. The lowest BCUT2D eigenvalue weighted by Gasteiger charge is -2.36. The Morgan fingerprint density at radius 1 is 0.962 bits per heavy atom. The van der Waals surface area contributed by atoms with Gasteiger partial charge in [0.15, 0.2) is 5.78 Å². The lowest BCUT2D eigenvalue weighted by molar-refractivity contribution is -0.131. The van der Waals surface area contributed by atoms with Crippen LogP contribution in [0, 0.1) is 6.92 Å². The van der Waals surface area contributed by atoms with Crippen LogP contribution in [0.4, 0.5) is 5.69 Å². The van der Waals surface area contributed by atoms with Crippen LogP contribution in [0.25, 0.3) is 0 Å². The van der Waals surface area contributed by atoms with E-state index in [0.29, 0.717) is 23.7 Å². The van der Waals surface area contributed by atoms with Crippen molar-refractivity contribution in [2.24, 2.45) is 0 Å². The quantitative estimate of drug-likeness (QED) is 0.748. The third-order valence-electron chi connectivity index (χ3n) is 4.73. The van der Waals surface area contributed by atoms with Gasteiger partial charge in [-0.25, -0.2) is 0 Å². The van der Waals surface area contributed by atoms with Crippen LogP contribution in [0.2, 0.25) is 5.02 Å². The molecule has 5 heteroatoms. The standard InChI is InChI=1S/C21H23ClN2O2/c1-16-3-2-4-19(15-16)23-11-13-24(14-12-23)21(26)10-9-20(25)17-5-7-18(22)8-6-17/h2-8,15H,9-14H2,1H3. The molecule has 0 spiro atoms. The third kappa shape index (κ3) is 4.64. The molecule has 26 heavy (non-hydrogen) atoms. The van der Waals surface area contributed by atoms with Gasteiger partial charge < -0.3 is 9.80 Å². The van der Waals surface area contributed by atoms with Crippen molar-refractivity contribution in [1.82, 2.24) is 4.90 Å². The molecule has 2 aromatic rings. The second-order valence-corrected chi connectivity index (χ2v) is 7.07. The molecule has 0 aliphatic carbocycles. The number of Topliss-reactive ketones (excluding diaryl/α,β-unsaturated/α-hetero) is 1. The number of carbonyl (C=O) groups excluding carboxylic acids is 2. The Morgan fingerprint density at radius 2 is 1.65 bits per heavy atom. The highest BCUT2D eigenvalue weighted by molar-refractivity contribution is 6.30. The van der Waals surface area contributed by atoms with E-state index in [9.17, 15) is 9.59 Å². The van der Waals surface area contributed by atoms with Crippen molar-refractivity contribution in [2.45, 2.75) is 19.8 Å². The van der Waals surface area contributed by atoms with E-state index in [1.807, 2.05) is 4.90 Å². The van der Waals surface area contributed by atoms with Gasteiger partial charge in [-0.15, -0.1) is 0 Å². The van der Waals surface area contributed by atoms with E-state index in [0.717, 1.165) is 13.1 Å². The maximum atomic E-state index is 12.4. The van der Waals surface area contributed by atoms with Crippen LogP contribution < -0.4 is 4.90 Å². The van der Waals surface area contributed by atoms with E-state index < -0.39 is 0 Å². The first kappa shape index (κ1) is 18.5. The summed E-state index contributed by atoms with van der Waals surface area (Å²) in [4.78, 5) is 28.8. The number of hydrogen-bond donors (Lipinski definition) is 0. The molecule has 0 aromatic heterocycles. The van der Waals surface area contributed by atoms with Crippen LogP contribution in [0.15, 0.2) is 48.5 Å². The largest absolute Gasteiger partial charge is 0.368 e. The van der Waals surface area contributed by atoms with Gasteiger partial charge in [-0.05, 0) is 48.9 Å². The molecule has 1 heterocycles. The van der Waals surface area contributed by atoms with Gasteiger partial charge in [0.05, 0.1) is 0 Å². The number of rotatable bonds is 5. The molecule has 4 nitrogen and oxygen atoms in total. The molecule has 0 atom stereocenters. The number of carbonyl (C=O) groups is 2. The summed E-state index contributed by atoms with van der Waals surface area (Å²) < 4.78 is 0. The first-order chi connectivity index (χ1) is 12.5. The molecule has 0 N–H and O–H groups in total. The molecular weight excluding hydrogens is 348 g/mol. The highest BCUT2D eigenvalue weighted by Gasteiger charge is 2.22. The number of halogens is 1. The van der Waals surface area contributed by atoms with Crippen molar-refractivity contribution in [2.75, 3.05) is 31.1 Å². The summed E-state index contributed by atoms with van der Waals surface area (Å²) in [5.41, 5.74) is 3.04. The van der Waals surface area contributed by atoms with Crippen LogP contribution in [0.1, 0.15) is 28.8 Å². The van der Waals surface area contributed by atoms with Gasteiger partial charge in [0, 0.05) is 55.3 Å². The van der Waals surface area contributed by atoms with E-state index >= 15 is 0 Å². The minimum Gasteiger partial charge on any atom is -0.368 e. The topological polar surface area (TPSA) is 40.6 Å². The zero-order valence-corrected chi connectivity index (χ0v) is 15.7. The number of nitrogens with zero attached hydrogens (tertiary/aromatic N) is 2. The van der Waals surface area contributed by atoms with Gasteiger partial charge in [0.2, 0.25) is 5.91 Å². The van der Waals surface area contributed by atoms with Crippen LogP contribution in [0.5, 0.6) is 0 Å². The van der Waals surface area contributed by atoms with Crippen LogP contribution in [0.3, 0.4) is 0 Å². The van der Waals surface area contributed by atoms with Crippen molar-refractivity contribution in [3.8, 4) is 0 Å². The average Bonchev–Trinajstić information content (AvgIpc) is 2.66. The summed E-state index contributed by atoms with van der Waals surface area (Å²) in [6, 6.07) is 15.2. The Labute approximate surface area is 159 Å². The molecular formula is C21H23ClN2O2. The summed E-state index contributed by atoms with van der Waals surface area (Å²) in [6.45, 7) is 5.12. The Balaban J connectivity index is 1.47. The number of amides is 1. The molecule has 0 saturated carbocycles. The number of hydrogen-bond acceptors (Lipinski definition) is 3. The predicted octanol–water partition coefficient (Wildman–Crippen LogP) is 3.96. The highest BCUT2D eigenvalue weighted by Crippen LogP contribution is 2.18. The zero-order valence-electron chi connectivity index (χ0n) is 15.0. The Hall–Kier alpha value is -2.33. The van der Waals surface area contributed by atoms with Crippen molar-refractivity contribution in [3.05, 3.63) is 64.7 Å². The van der Waals surface area contributed by atoms with Crippen LogP contribution in [-0.4, -0.2) is 42.8 Å². The minimum absolute atomic E-state index is 0.0200. The van der Waals surface area contributed by atoms with Gasteiger partial charge in [-0.2, -0.15) is 0 Å². The molecule has 1 amide bonds. The summed E-state index contributed by atoms with van der Waals surface area (Å²) in [5.74, 6) is 0.0321. The van der Waals surface area contributed by atoms with E-state index in [1.165, 1.54) is 11.3 Å². The number of benzene rings is 2. The van der Waals surface area contributed by atoms with E-state index in [-0.39, 0.29) is 24.5 Å². The fourth-order valence-electron chi connectivity index (χ4n) is 3.20. The molecule has 1 aliphatic rings. The molecule has 0 unspecified atom stereocenters. The molecule has 0 bridgehead atoms. The van der Waals surface area contributed by atoms with E-state index in [1.54, 1.807) is 24.3 Å². The van der Waals surface area contributed by atoms with E-state index in [4.69, 9.17) is 11.6 Å². The van der Waals surface area contributed by atoms with Gasteiger partial charge in [0.1, 0.15) is 0 Å². The predicted molar refractivity (Wildman–Crippen MR) is 105 cm³/mol. The van der Waals surface area contributed by atoms with Crippen LogP contribution in [-0.2, 0) is 4.79 Å². The normalized spacial score (nSPS) is 14.4. The smallest absolute Gasteiger partial charge is 0.223 e. The second kappa shape index (κ2) is 8.37. The van der Waals surface area contributed by atoms with Crippen molar-refractivity contribution in [1.29, 1.82) is 0 Å². The number of anilines is 1. The Kier molecular flexibility index (Phi) is 5.94. The molecule has 0 radical (unpaired) electrons. The monoisotopic (exact) mass is 370 g/mol. The average molecular weight is 371 g/mol. The first-order valence-electron chi connectivity index (χ1n) is 8.91. The van der Waals surface area contributed by atoms with Gasteiger partial charge in [-0.1, -0.05) is 23.7 Å². The fourth-order valence-corrected chi connectivity index (χ4v) is 3.32. The molecule has 3 rings (SSSR count). The number of ketones is 1. The number of aryl methyl sites for hydroxylation is 1. The van der Waals surface area contributed by atoms with Gasteiger partial charge in [-0.3, -0.25) is 9.59 Å². The highest BCUT2D eigenvalue weighted by atomic mass is 35.5. The SMILES string of the molecule is Cc1cccc(N2CCN(C(=O)CCC(=O)c3ccc(Cl)cc3)CC2)c1. The lowest BCUT2D eigenvalue weighted by atomic mass is 10.1. The maximum absolute atomic E-state index is 12.4. The summed E-state index contributed by atoms with van der Waals surface area (Å²) in [7, 11) is 0. The van der Waals surface area contributed by atoms with Gasteiger partial charge in [0.25, 0.3) is 0 Å². The first-order valence-corrected chi connectivity index (χ1v) is 9.29. The Bertz CT molecular complexity index is 781. The lowest BCUT2D eigenvalue weighted by Crippen LogP contribution is -2.48. The zero-order chi connectivity index (χ0) is 18.5. The van der Waals surface area contributed by atoms with Gasteiger partial charge >= 0.3 is 0 Å². The minimum atomic E-state index is -0.0200. The second-order valence-electron chi connectivity index (χ2n) is 6.64. The summed E-state index contributed by atoms with van der Waals surface area (Å²) in [5, 5.41) is 0.601. The van der Waals surface area contributed by atoms with Crippen molar-refractivity contribution in [3.63, 3.8) is 0 Å². The molecule has 136 valence electrons.